The number of nitrogens with two attached hydrogens (primary N) is 1. The molecule has 2 rings (SSSR count). The Balaban J connectivity index is 2.06. The molecule has 104 valence electrons. The summed E-state index contributed by atoms with van der Waals surface area (Å²) in [5.74, 6) is 0.819. The smallest absolute Gasteiger partial charge is 0.255 e. The fourth-order valence-electron chi connectivity index (χ4n) is 2.73. The summed E-state index contributed by atoms with van der Waals surface area (Å²) in [6.07, 6.45) is 7.30. The molecular formula is C14H20N2O2S. The molecule has 1 unspecified atom stereocenters. The molecule has 0 spiro atoms. The molecule has 1 atom stereocenters. The van der Waals surface area contributed by atoms with Gasteiger partial charge in [-0.15, -0.1) is 0 Å². The molecule has 1 saturated carbocycles. The first-order valence-corrected chi connectivity index (χ1v) is 7.14. The van der Waals surface area contributed by atoms with Crippen LogP contribution in [0.1, 0.15) is 48.2 Å². The van der Waals surface area contributed by atoms with Crippen molar-refractivity contribution in [1.29, 1.82) is 0 Å². The van der Waals surface area contributed by atoms with Crippen LogP contribution in [0.5, 0.6) is 0 Å². The Kier molecular flexibility index (Phi) is 4.58. The minimum absolute atomic E-state index is 0.158. The SMILES string of the molecule is Cc1occc1C(=O)NC(C(N)=S)C1CCCCC1. The van der Waals surface area contributed by atoms with Gasteiger partial charge in [0, 0.05) is 0 Å². The van der Waals surface area contributed by atoms with Crippen LogP contribution >= 0.6 is 12.2 Å². The average molecular weight is 280 g/mol. The summed E-state index contributed by atoms with van der Waals surface area (Å²) < 4.78 is 5.15. The lowest BCUT2D eigenvalue weighted by Gasteiger charge is -2.30. The molecule has 0 saturated heterocycles. The first kappa shape index (κ1) is 14.1. The molecule has 4 nitrogen and oxygen atoms in total. The Morgan fingerprint density at radius 3 is 2.68 bits per heavy atom. The van der Waals surface area contributed by atoms with Crippen LogP contribution in [0.25, 0.3) is 0 Å². The second-order valence-electron chi connectivity index (χ2n) is 5.14. The van der Waals surface area contributed by atoms with E-state index in [0.717, 1.165) is 12.8 Å². The molecule has 0 aromatic carbocycles. The highest BCUT2D eigenvalue weighted by molar-refractivity contribution is 7.80. The number of carbonyl (C=O) groups is 1. The van der Waals surface area contributed by atoms with Gasteiger partial charge in [0.1, 0.15) is 5.76 Å². The lowest BCUT2D eigenvalue weighted by Crippen LogP contribution is -2.48. The monoisotopic (exact) mass is 280 g/mol. The van der Waals surface area contributed by atoms with Gasteiger partial charge in [-0.25, -0.2) is 0 Å². The maximum absolute atomic E-state index is 12.2. The lowest BCUT2D eigenvalue weighted by atomic mass is 9.83. The lowest BCUT2D eigenvalue weighted by molar-refractivity contribution is 0.0930. The number of nitrogens with one attached hydrogen (secondary N) is 1. The van der Waals surface area contributed by atoms with Gasteiger partial charge >= 0.3 is 0 Å². The number of carbonyl (C=O) groups excluding carboxylic acids is 1. The van der Waals surface area contributed by atoms with Crippen molar-refractivity contribution in [3.05, 3.63) is 23.7 Å². The zero-order chi connectivity index (χ0) is 13.8. The number of furan rings is 1. The zero-order valence-corrected chi connectivity index (χ0v) is 12.0. The van der Waals surface area contributed by atoms with Crippen LogP contribution in [-0.4, -0.2) is 16.9 Å². The molecule has 19 heavy (non-hydrogen) atoms. The Hall–Kier alpha value is -1.36. The summed E-state index contributed by atoms with van der Waals surface area (Å²) in [6, 6.07) is 1.46. The standard InChI is InChI=1S/C14H20N2O2S/c1-9-11(7-8-18-9)14(17)16-12(13(15)19)10-5-3-2-4-6-10/h7-8,10,12H,2-6H2,1H3,(H2,15,19)(H,16,17). The van der Waals surface area contributed by atoms with Crippen molar-refractivity contribution < 1.29 is 9.21 Å². The van der Waals surface area contributed by atoms with Gasteiger partial charge < -0.3 is 15.5 Å². The zero-order valence-electron chi connectivity index (χ0n) is 11.1. The van der Waals surface area contributed by atoms with Gasteiger partial charge in [0.25, 0.3) is 5.91 Å². The van der Waals surface area contributed by atoms with Crippen LogP contribution in [0.2, 0.25) is 0 Å². The molecule has 1 aliphatic rings. The van der Waals surface area contributed by atoms with E-state index in [9.17, 15) is 4.79 Å². The molecule has 0 bridgehead atoms. The van der Waals surface area contributed by atoms with Crippen LogP contribution in [-0.2, 0) is 0 Å². The van der Waals surface area contributed by atoms with Gasteiger partial charge in [-0.3, -0.25) is 4.79 Å². The molecular weight excluding hydrogens is 260 g/mol. The van der Waals surface area contributed by atoms with Crippen molar-refractivity contribution in [2.45, 2.75) is 45.1 Å². The van der Waals surface area contributed by atoms with Crippen molar-refractivity contribution in [2.75, 3.05) is 0 Å². The summed E-state index contributed by atoms with van der Waals surface area (Å²) in [5, 5.41) is 2.96. The molecule has 1 fully saturated rings. The van der Waals surface area contributed by atoms with Crippen molar-refractivity contribution in [3.63, 3.8) is 0 Å². The third-order valence-electron chi connectivity index (χ3n) is 3.82. The molecule has 1 heterocycles. The van der Waals surface area contributed by atoms with Crippen molar-refractivity contribution in [3.8, 4) is 0 Å². The molecule has 1 amide bonds. The van der Waals surface area contributed by atoms with Crippen LogP contribution in [0.15, 0.2) is 16.7 Å². The normalized spacial score (nSPS) is 17.9. The Morgan fingerprint density at radius 1 is 1.47 bits per heavy atom. The largest absolute Gasteiger partial charge is 0.469 e. The quantitative estimate of drug-likeness (QED) is 0.832. The van der Waals surface area contributed by atoms with Gasteiger partial charge in [-0.05, 0) is 31.7 Å². The second-order valence-corrected chi connectivity index (χ2v) is 5.61. The van der Waals surface area contributed by atoms with E-state index in [4.69, 9.17) is 22.4 Å². The van der Waals surface area contributed by atoms with E-state index in [2.05, 4.69) is 5.32 Å². The Bertz CT molecular complexity index is 464. The second kappa shape index (κ2) is 6.19. The Labute approximate surface area is 118 Å². The maximum Gasteiger partial charge on any atom is 0.255 e. The third-order valence-corrected chi connectivity index (χ3v) is 4.07. The fourth-order valence-corrected chi connectivity index (χ4v) is 2.98. The van der Waals surface area contributed by atoms with E-state index >= 15 is 0 Å². The summed E-state index contributed by atoms with van der Waals surface area (Å²) in [6.45, 7) is 1.77. The summed E-state index contributed by atoms with van der Waals surface area (Å²) >= 11 is 5.12. The molecule has 0 radical (unpaired) electrons. The minimum atomic E-state index is -0.211. The van der Waals surface area contributed by atoms with Gasteiger partial charge in [0.2, 0.25) is 0 Å². The molecule has 5 heteroatoms. The number of rotatable bonds is 4. The highest BCUT2D eigenvalue weighted by atomic mass is 32.1. The number of hydrogen-bond donors (Lipinski definition) is 2. The maximum atomic E-state index is 12.2. The predicted octanol–water partition coefficient (Wildman–Crippen LogP) is 2.55. The summed E-state index contributed by atoms with van der Waals surface area (Å²) in [4.78, 5) is 12.6. The van der Waals surface area contributed by atoms with Gasteiger partial charge in [0.05, 0.1) is 22.9 Å². The van der Waals surface area contributed by atoms with E-state index < -0.39 is 0 Å². The van der Waals surface area contributed by atoms with Gasteiger partial charge in [-0.2, -0.15) is 0 Å². The summed E-state index contributed by atoms with van der Waals surface area (Å²) in [5.41, 5.74) is 6.35. The van der Waals surface area contributed by atoms with Gasteiger partial charge in [0.15, 0.2) is 0 Å². The Morgan fingerprint density at radius 2 is 2.16 bits per heavy atom. The molecule has 3 N–H and O–H groups in total. The molecule has 1 aliphatic carbocycles. The number of hydrogen-bond acceptors (Lipinski definition) is 3. The topological polar surface area (TPSA) is 68.3 Å². The average Bonchev–Trinajstić information content (AvgIpc) is 2.82. The minimum Gasteiger partial charge on any atom is -0.469 e. The molecule has 1 aromatic rings. The highest BCUT2D eigenvalue weighted by Crippen LogP contribution is 2.27. The van der Waals surface area contributed by atoms with Crippen LogP contribution in [0.3, 0.4) is 0 Å². The first-order valence-electron chi connectivity index (χ1n) is 6.74. The van der Waals surface area contributed by atoms with E-state index in [1.54, 1.807) is 13.0 Å². The first-order chi connectivity index (χ1) is 9.09. The van der Waals surface area contributed by atoms with E-state index in [1.165, 1.54) is 25.5 Å². The van der Waals surface area contributed by atoms with E-state index in [-0.39, 0.29) is 11.9 Å². The summed E-state index contributed by atoms with van der Waals surface area (Å²) in [7, 11) is 0. The number of aryl methyl sites for hydroxylation is 1. The van der Waals surface area contributed by atoms with Crippen LogP contribution in [0, 0.1) is 12.8 Å². The van der Waals surface area contributed by atoms with Crippen molar-refractivity contribution >= 4 is 23.1 Å². The number of amides is 1. The van der Waals surface area contributed by atoms with E-state index in [1.807, 2.05) is 0 Å². The van der Waals surface area contributed by atoms with Crippen LogP contribution in [0.4, 0.5) is 0 Å². The third kappa shape index (κ3) is 3.35. The molecule has 1 aromatic heterocycles. The van der Waals surface area contributed by atoms with Crippen molar-refractivity contribution in [2.24, 2.45) is 11.7 Å². The number of thiocarbonyl (C=S) groups is 1. The van der Waals surface area contributed by atoms with Crippen LogP contribution < -0.4 is 11.1 Å². The fraction of sp³-hybridized carbons (Fsp3) is 0.571. The van der Waals surface area contributed by atoms with Gasteiger partial charge in [-0.1, -0.05) is 31.5 Å². The predicted molar refractivity (Wildman–Crippen MR) is 78.1 cm³/mol. The highest BCUT2D eigenvalue weighted by Gasteiger charge is 2.28. The van der Waals surface area contributed by atoms with E-state index in [0.29, 0.717) is 22.2 Å². The van der Waals surface area contributed by atoms with Crippen molar-refractivity contribution in [1.82, 2.24) is 5.32 Å². The molecule has 0 aliphatic heterocycles.